The molecular formula is C28H33N3O3. The van der Waals surface area contributed by atoms with Crippen molar-refractivity contribution in [3.05, 3.63) is 75.2 Å². The fourth-order valence-electron chi connectivity index (χ4n) is 6.68. The van der Waals surface area contributed by atoms with Gasteiger partial charge in [0.1, 0.15) is 0 Å². The molecule has 178 valence electrons. The summed E-state index contributed by atoms with van der Waals surface area (Å²) in [6.45, 7) is 3.29. The molecule has 3 heterocycles. The van der Waals surface area contributed by atoms with E-state index in [0.717, 1.165) is 25.1 Å². The number of benzene rings is 1. The average Bonchev–Trinajstić information content (AvgIpc) is 3.30. The maximum atomic E-state index is 13.7. The van der Waals surface area contributed by atoms with E-state index in [1.54, 1.807) is 0 Å². The van der Waals surface area contributed by atoms with Crippen LogP contribution < -0.4 is 10.9 Å². The zero-order valence-electron chi connectivity index (χ0n) is 19.7. The van der Waals surface area contributed by atoms with E-state index in [4.69, 9.17) is 0 Å². The number of carbonyl (C=O) groups excluding carboxylic acids is 1. The van der Waals surface area contributed by atoms with Gasteiger partial charge in [0.05, 0.1) is 12.1 Å². The third kappa shape index (κ3) is 3.55. The van der Waals surface area contributed by atoms with E-state index in [-0.39, 0.29) is 48.0 Å². The van der Waals surface area contributed by atoms with Crippen LogP contribution >= 0.6 is 0 Å². The highest BCUT2D eigenvalue weighted by atomic mass is 16.3. The lowest BCUT2D eigenvalue weighted by Crippen LogP contribution is -2.51. The summed E-state index contributed by atoms with van der Waals surface area (Å²) < 4.78 is 1.88. The molecule has 6 rings (SSSR count). The molecule has 2 aromatic rings. The highest BCUT2D eigenvalue weighted by Gasteiger charge is 2.56. The van der Waals surface area contributed by atoms with E-state index in [1.165, 1.54) is 24.0 Å². The number of hydrogen-bond donors (Lipinski definition) is 2. The summed E-state index contributed by atoms with van der Waals surface area (Å²) in [5.41, 5.74) is 4.34. The number of allylic oxidation sites excluding steroid dienone is 1. The molecule has 2 aliphatic heterocycles. The first-order chi connectivity index (χ1) is 16.6. The van der Waals surface area contributed by atoms with Crippen molar-refractivity contribution in [2.75, 3.05) is 13.2 Å². The second-order valence-corrected chi connectivity index (χ2v) is 10.6. The molecule has 2 aliphatic carbocycles. The van der Waals surface area contributed by atoms with Gasteiger partial charge in [-0.3, -0.25) is 14.5 Å². The second-order valence-electron chi connectivity index (χ2n) is 10.6. The second kappa shape index (κ2) is 8.51. The van der Waals surface area contributed by atoms with Crippen LogP contribution in [0.25, 0.3) is 6.08 Å². The molecular weight excluding hydrogens is 426 g/mol. The highest BCUT2D eigenvalue weighted by molar-refractivity contribution is 5.83. The number of aliphatic hydroxyl groups excluding tert-OH is 1. The van der Waals surface area contributed by atoms with E-state index >= 15 is 0 Å². The summed E-state index contributed by atoms with van der Waals surface area (Å²) in [6, 6.07) is 12.1. The van der Waals surface area contributed by atoms with Gasteiger partial charge in [-0.2, -0.15) is 0 Å². The van der Waals surface area contributed by atoms with Gasteiger partial charge in [-0.25, -0.2) is 0 Å². The average molecular weight is 460 g/mol. The Hall–Kier alpha value is -2.70. The number of nitrogens with zero attached hydrogens (tertiary/aromatic N) is 2. The molecule has 6 heteroatoms. The van der Waals surface area contributed by atoms with Crippen molar-refractivity contribution in [1.82, 2.24) is 14.8 Å². The van der Waals surface area contributed by atoms with Crippen LogP contribution in [-0.2, 0) is 24.2 Å². The molecule has 4 aliphatic rings. The predicted octanol–water partition coefficient (Wildman–Crippen LogP) is 2.54. The Morgan fingerprint density at radius 1 is 1.15 bits per heavy atom. The lowest BCUT2D eigenvalue weighted by Gasteiger charge is -2.31. The standard InChI is InChI=1S/C28H33N3O3/c1-2-5-18-10-11-24-25-22(15-30(24)28(18)34)23(16-32)26(31(25)14-17-8-9-17)27(33)29-21-12-19-6-3-4-7-20(19)13-21/h2-7,10-11,17,21-23,25-26,32H,8-9,12-16H2,1H3,(H,29,33)/b5-2+/t22-,23-,25+,26-/m0/s1. The van der Waals surface area contributed by atoms with Crippen LogP contribution in [0, 0.1) is 17.8 Å². The van der Waals surface area contributed by atoms with Crippen LogP contribution in [0.1, 0.15) is 48.2 Å². The Labute approximate surface area is 200 Å². The number of rotatable bonds is 6. The van der Waals surface area contributed by atoms with Gasteiger partial charge in [-0.15, -0.1) is 0 Å². The van der Waals surface area contributed by atoms with Gasteiger partial charge in [0.25, 0.3) is 5.56 Å². The number of hydrogen-bond acceptors (Lipinski definition) is 4. The van der Waals surface area contributed by atoms with E-state index in [2.05, 4.69) is 40.5 Å². The van der Waals surface area contributed by atoms with Crippen LogP contribution in [0.15, 0.2) is 47.3 Å². The minimum atomic E-state index is -0.358. The number of pyridine rings is 1. The minimum Gasteiger partial charge on any atom is -0.396 e. The Bertz CT molecular complexity index is 1170. The van der Waals surface area contributed by atoms with E-state index in [0.29, 0.717) is 18.0 Å². The first kappa shape index (κ1) is 21.8. The van der Waals surface area contributed by atoms with Gasteiger partial charge in [0.15, 0.2) is 0 Å². The molecule has 34 heavy (non-hydrogen) atoms. The van der Waals surface area contributed by atoms with Crippen molar-refractivity contribution < 1.29 is 9.90 Å². The van der Waals surface area contributed by atoms with Crippen molar-refractivity contribution in [3.63, 3.8) is 0 Å². The smallest absolute Gasteiger partial charge is 0.258 e. The number of aromatic nitrogens is 1. The molecule has 0 unspecified atom stereocenters. The van der Waals surface area contributed by atoms with Crippen LogP contribution in [0.2, 0.25) is 0 Å². The maximum Gasteiger partial charge on any atom is 0.258 e. The first-order valence-electron chi connectivity index (χ1n) is 12.7. The van der Waals surface area contributed by atoms with Gasteiger partial charge in [-0.1, -0.05) is 36.4 Å². The fourth-order valence-corrected chi connectivity index (χ4v) is 6.68. The van der Waals surface area contributed by atoms with E-state index in [9.17, 15) is 14.7 Å². The summed E-state index contributed by atoms with van der Waals surface area (Å²) in [5, 5.41) is 13.8. The first-order valence-corrected chi connectivity index (χ1v) is 12.7. The number of amides is 1. The fraction of sp³-hybridized carbons (Fsp3) is 0.500. The molecule has 0 bridgehead atoms. The number of aliphatic hydroxyl groups is 1. The third-order valence-electron chi connectivity index (χ3n) is 8.40. The predicted molar refractivity (Wildman–Crippen MR) is 131 cm³/mol. The lowest BCUT2D eigenvalue weighted by molar-refractivity contribution is -0.128. The number of nitrogens with one attached hydrogen (secondary N) is 1. The Morgan fingerprint density at radius 3 is 2.53 bits per heavy atom. The summed E-state index contributed by atoms with van der Waals surface area (Å²) in [6.07, 6.45) is 7.84. The molecule has 1 saturated carbocycles. The molecule has 0 radical (unpaired) electrons. The Kier molecular flexibility index (Phi) is 5.46. The topological polar surface area (TPSA) is 74.6 Å². The van der Waals surface area contributed by atoms with Gasteiger partial charge < -0.3 is 15.0 Å². The molecule has 1 saturated heterocycles. The summed E-state index contributed by atoms with van der Waals surface area (Å²) in [7, 11) is 0. The number of likely N-dealkylation sites (tertiary alicyclic amines) is 1. The van der Waals surface area contributed by atoms with Crippen LogP contribution in [0.4, 0.5) is 0 Å². The maximum absolute atomic E-state index is 13.7. The Morgan fingerprint density at radius 2 is 1.88 bits per heavy atom. The number of carbonyl (C=O) groups is 1. The lowest BCUT2D eigenvalue weighted by atomic mass is 9.88. The molecule has 1 amide bonds. The molecule has 4 atom stereocenters. The third-order valence-corrected chi connectivity index (χ3v) is 8.40. The van der Waals surface area contributed by atoms with Gasteiger partial charge >= 0.3 is 0 Å². The summed E-state index contributed by atoms with van der Waals surface area (Å²) in [4.78, 5) is 29.2. The summed E-state index contributed by atoms with van der Waals surface area (Å²) in [5.74, 6) is 0.518. The van der Waals surface area contributed by atoms with Crippen molar-refractivity contribution >= 4 is 12.0 Å². The van der Waals surface area contributed by atoms with Crippen molar-refractivity contribution in [2.24, 2.45) is 17.8 Å². The van der Waals surface area contributed by atoms with Crippen molar-refractivity contribution in [3.8, 4) is 0 Å². The molecule has 2 N–H and O–H groups in total. The van der Waals surface area contributed by atoms with Gasteiger partial charge in [0, 0.05) is 48.8 Å². The minimum absolute atomic E-state index is 0.00151. The number of fused-ring (bicyclic) bond motifs is 4. The van der Waals surface area contributed by atoms with E-state index < -0.39 is 0 Å². The van der Waals surface area contributed by atoms with Crippen molar-refractivity contribution in [1.29, 1.82) is 0 Å². The molecule has 1 aromatic heterocycles. The van der Waals surface area contributed by atoms with Crippen LogP contribution in [-0.4, -0.2) is 45.7 Å². The molecule has 6 nitrogen and oxygen atoms in total. The molecule has 0 spiro atoms. The van der Waals surface area contributed by atoms with Crippen LogP contribution in [0.3, 0.4) is 0 Å². The van der Waals surface area contributed by atoms with Gasteiger partial charge in [0.2, 0.25) is 5.91 Å². The monoisotopic (exact) mass is 459 g/mol. The zero-order valence-corrected chi connectivity index (χ0v) is 19.7. The largest absolute Gasteiger partial charge is 0.396 e. The van der Waals surface area contributed by atoms with Crippen molar-refractivity contribution in [2.45, 2.75) is 57.3 Å². The summed E-state index contributed by atoms with van der Waals surface area (Å²) >= 11 is 0. The SMILES string of the molecule is C/C=C/c1ccc2n(c1=O)C[C@H]1[C@H](CO)[C@@H](C(=O)NC3Cc4ccccc4C3)N(CC3CC3)[C@@H]21. The quantitative estimate of drug-likeness (QED) is 0.696. The molecule has 1 aromatic carbocycles. The Balaban J connectivity index is 1.30. The zero-order chi connectivity index (χ0) is 23.4. The van der Waals surface area contributed by atoms with Gasteiger partial charge in [-0.05, 0) is 61.8 Å². The van der Waals surface area contributed by atoms with Crippen LogP contribution in [0.5, 0.6) is 0 Å². The van der Waals surface area contributed by atoms with E-state index in [1.807, 2.05) is 29.7 Å². The highest BCUT2D eigenvalue weighted by Crippen LogP contribution is 2.50. The molecule has 2 fully saturated rings. The normalized spacial score (nSPS) is 28.3.